The fourth-order valence-corrected chi connectivity index (χ4v) is 1.02. The molecule has 0 aromatic rings. The third-order valence-electron chi connectivity index (χ3n) is 1.78. The zero-order chi connectivity index (χ0) is 8.69. The number of hydrogen-bond donors (Lipinski definition) is 0. The topological polar surface area (TPSA) is 18.5 Å². The van der Waals surface area contributed by atoms with E-state index in [0.29, 0.717) is 6.10 Å². The van der Waals surface area contributed by atoms with E-state index in [1.54, 1.807) is 7.11 Å². The molecule has 0 spiro atoms. The van der Waals surface area contributed by atoms with Gasteiger partial charge in [-0.15, -0.1) is 0 Å². The summed E-state index contributed by atoms with van der Waals surface area (Å²) in [5, 5.41) is 0. The summed E-state index contributed by atoms with van der Waals surface area (Å²) in [6.45, 7) is 6.24. The molecule has 0 heterocycles. The standard InChI is InChI=1S/C9H20O2/c1-5-7-9(6-2)11-8(3)10-4/h8-9H,5-7H2,1-4H3. The van der Waals surface area contributed by atoms with Gasteiger partial charge in [0.05, 0.1) is 6.10 Å². The van der Waals surface area contributed by atoms with Crippen LogP contribution in [0.2, 0.25) is 0 Å². The summed E-state index contributed by atoms with van der Waals surface area (Å²) < 4.78 is 10.6. The van der Waals surface area contributed by atoms with Crippen molar-refractivity contribution in [3.8, 4) is 0 Å². The highest BCUT2D eigenvalue weighted by atomic mass is 16.7. The van der Waals surface area contributed by atoms with Crippen LogP contribution in [0.1, 0.15) is 40.0 Å². The van der Waals surface area contributed by atoms with Crippen molar-refractivity contribution in [1.29, 1.82) is 0 Å². The minimum absolute atomic E-state index is 0.0634. The van der Waals surface area contributed by atoms with Gasteiger partial charge >= 0.3 is 0 Å². The minimum atomic E-state index is -0.0634. The number of hydrogen-bond acceptors (Lipinski definition) is 2. The molecule has 0 aliphatic carbocycles. The molecule has 2 atom stereocenters. The van der Waals surface area contributed by atoms with E-state index in [1.165, 1.54) is 6.42 Å². The Morgan fingerprint density at radius 2 is 1.91 bits per heavy atom. The molecule has 0 bridgehead atoms. The predicted octanol–water partition coefficient (Wildman–Crippen LogP) is 2.57. The highest BCUT2D eigenvalue weighted by molar-refractivity contribution is 4.53. The smallest absolute Gasteiger partial charge is 0.154 e. The lowest BCUT2D eigenvalue weighted by Gasteiger charge is -2.19. The third-order valence-corrected chi connectivity index (χ3v) is 1.78. The molecule has 0 fully saturated rings. The first-order valence-electron chi connectivity index (χ1n) is 4.42. The van der Waals surface area contributed by atoms with E-state index in [2.05, 4.69) is 13.8 Å². The average molecular weight is 160 g/mol. The van der Waals surface area contributed by atoms with Crippen molar-refractivity contribution in [2.24, 2.45) is 0 Å². The number of rotatable bonds is 6. The van der Waals surface area contributed by atoms with Crippen molar-refractivity contribution >= 4 is 0 Å². The van der Waals surface area contributed by atoms with Gasteiger partial charge in [-0.2, -0.15) is 0 Å². The van der Waals surface area contributed by atoms with Crippen LogP contribution in [-0.4, -0.2) is 19.5 Å². The van der Waals surface area contributed by atoms with Gasteiger partial charge in [0.15, 0.2) is 6.29 Å². The van der Waals surface area contributed by atoms with Crippen LogP contribution in [0.15, 0.2) is 0 Å². The Morgan fingerprint density at radius 1 is 1.27 bits per heavy atom. The second-order valence-electron chi connectivity index (χ2n) is 2.76. The first-order valence-corrected chi connectivity index (χ1v) is 4.42. The second-order valence-corrected chi connectivity index (χ2v) is 2.76. The Balaban J connectivity index is 3.49. The molecule has 0 saturated heterocycles. The molecule has 0 amide bonds. The van der Waals surface area contributed by atoms with Gasteiger partial charge in [0.25, 0.3) is 0 Å². The quantitative estimate of drug-likeness (QED) is 0.556. The van der Waals surface area contributed by atoms with E-state index in [1.807, 2.05) is 6.92 Å². The second kappa shape index (κ2) is 6.62. The van der Waals surface area contributed by atoms with E-state index in [9.17, 15) is 0 Å². The molecule has 68 valence electrons. The van der Waals surface area contributed by atoms with Crippen LogP contribution < -0.4 is 0 Å². The normalized spacial score (nSPS) is 16.4. The zero-order valence-electron chi connectivity index (χ0n) is 8.09. The Morgan fingerprint density at radius 3 is 2.27 bits per heavy atom. The van der Waals surface area contributed by atoms with Gasteiger partial charge in [-0.05, 0) is 19.8 Å². The largest absolute Gasteiger partial charge is 0.356 e. The molecule has 2 unspecified atom stereocenters. The molecule has 11 heavy (non-hydrogen) atoms. The summed E-state index contributed by atoms with van der Waals surface area (Å²) in [6, 6.07) is 0. The van der Waals surface area contributed by atoms with Crippen LogP contribution in [-0.2, 0) is 9.47 Å². The van der Waals surface area contributed by atoms with Crippen LogP contribution >= 0.6 is 0 Å². The van der Waals surface area contributed by atoms with Crippen molar-refractivity contribution < 1.29 is 9.47 Å². The lowest BCUT2D eigenvalue weighted by molar-refractivity contribution is -0.146. The molecular formula is C9H20O2. The molecule has 0 radical (unpaired) electrons. The maximum absolute atomic E-state index is 5.57. The van der Waals surface area contributed by atoms with Crippen molar-refractivity contribution in [3.63, 3.8) is 0 Å². The van der Waals surface area contributed by atoms with Gasteiger partial charge in [0.1, 0.15) is 0 Å². The summed E-state index contributed by atoms with van der Waals surface area (Å²) in [4.78, 5) is 0. The molecule has 0 aromatic carbocycles. The first kappa shape index (κ1) is 10.9. The summed E-state index contributed by atoms with van der Waals surface area (Å²) in [6.07, 6.45) is 3.68. The molecule has 2 nitrogen and oxygen atoms in total. The lowest BCUT2D eigenvalue weighted by Crippen LogP contribution is -2.20. The van der Waals surface area contributed by atoms with E-state index in [0.717, 1.165) is 12.8 Å². The highest BCUT2D eigenvalue weighted by Gasteiger charge is 2.08. The molecule has 0 aliphatic rings. The molecule has 0 aliphatic heterocycles. The van der Waals surface area contributed by atoms with Crippen LogP contribution in [0.3, 0.4) is 0 Å². The van der Waals surface area contributed by atoms with Crippen LogP contribution in [0.5, 0.6) is 0 Å². The predicted molar refractivity (Wildman–Crippen MR) is 46.5 cm³/mol. The average Bonchev–Trinajstić information content (AvgIpc) is 2.03. The summed E-state index contributed by atoms with van der Waals surface area (Å²) in [7, 11) is 1.67. The number of methoxy groups -OCH3 is 1. The van der Waals surface area contributed by atoms with Gasteiger partial charge in [0, 0.05) is 7.11 Å². The molecule has 0 N–H and O–H groups in total. The van der Waals surface area contributed by atoms with Gasteiger partial charge in [0.2, 0.25) is 0 Å². The maximum atomic E-state index is 5.57. The number of ether oxygens (including phenoxy) is 2. The third kappa shape index (κ3) is 5.22. The van der Waals surface area contributed by atoms with Crippen LogP contribution in [0, 0.1) is 0 Å². The SMILES string of the molecule is CCCC(CC)OC(C)OC. The van der Waals surface area contributed by atoms with Crippen LogP contribution in [0.4, 0.5) is 0 Å². The fraction of sp³-hybridized carbons (Fsp3) is 1.00. The van der Waals surface area contributed by atoms with Crippen molar-refractivity contribution in [3.05, 3.63) is 0 Å². The van der Waals surface area contributed by atoms with E-state index < -0.39 is 0 Å². The summed E-state index contributed by atoms with van der Waals surface area (Å²) in [5.74, 6) is 0. The zero-order valence-corrected chi connectivity index (χ0v) is 8.09. The molecule has 0 saturated carbocycles. The Hall–Kier alpha value is -0.0800. The van der Waals surface area contributed by atoms with Gasteiger partial charge in [-0.1, -0.05) is 20.3 Å². The Bertz CT molecular complexity index is 83.6. The van der Waals surface area contributed by atoms with Gasteiger partial charge in [-0.3, -0.25) is 0 Å². The Kier molecular flexibility index (Phi) is 6.57. The summed E-state index contributed by atoms with van der Waals surface area (Å²) >= 11 is 0. The van der Waals surface area contributed by atoms with Gasteiger partial charge < -0.3 is 9.47 Å². The fourth-order valence-electron chi connectivity index (χ4n) is 1.02. The first-order chi connectivity index (χ1) is 5.24. The van der Waals surface area contributed by atoms with Crippen molar-refractivity contribution in [1.82, 2.24) is 0 Å². The molecule has 0 aromatic heterocycles. The maximum Gasteiger partial charge on any atom is 0.154 e. The monoisotopic (exact) mass is 160 g/mol. The van der Waals surface area contributed by atoms with Crippen LogP contribution in [0.25, 0.3) is 0 Å². The summed E-state index contributed by atoms with van der Waals surface area (Å²) in [5.41, 5.74) is 0. The van der Waals surface area contributed by atoms with E-state index >= 15 is 0 Å². The van der Waals surface area contributed by atoms with Gasteiger partial charge in [-0.25, -0.2) is 0 Å². The van der Waals surface area contributed by atoms with Crippen molar-refractivity contribution in [2.45, 2.75) is 52.4 Å². The minimum Gasteiger partial charge on any atom is -0.356 e. The van der Waals surface area contributed by atoms with E-state index in [-0.39, 0.29) is 6.29 Å². The Labute approximate surface area is 69.9 Å². The van der Waals surface area contributed by atoms with Crippen molar-refractivity contribution in [2.75, 3.05) is 7.11 Å². The van der Waals surface area contributed by atoms with E-state index in [4.69, 9.17) is 9.47 Å². The molecule has 0 rings (SSSR count). The highest BCUT2D eigenvalue weighted by Crippen LogP contribution is 2.09. The molecule has 2 heteroatoms. The lowest BCUT2D eigenvalue weighted by atomic mass is 10.2. The molecular weight excluding hydrogens is 140 g/mol.